The number of benzene rings is 3. The van der Waals surface area contributed by atoms with E-state index in [9.17, 15) is 9.59 Å². The van der Waals surface area contributed by atoms with Crippen LogP contribution in [-0.4, -0.2) is 24.7 Å². The monoisotopic (exact) mass is 520 g/mol. The van der Waals surface area contributed by atoms with Crippen LogP contribution in [-0.2, 0) is 4.79 Å². The second-order valence-corrected chi connectivity index (χ2v) is 9.89. The van der Waals surface area contributed by atoms with Crippen molar-refractivity contribution >= 4 is 51.1 Å². The fourth-order valence-electron chi connectivity index (χ4n) is 3.41. The number of amides is 1. The summed E-state index contributed by atoms with van der Waals surface area (Å²) in [6.45, 7) is 6.00. The first-order valence-corrected chi connectivity index (χ1v) is 12.6. The van der Waals surface area contributed by atoms with Crippen molar-refractivity contribution in [2.24, 2.45) is 5.10 Å². The minimum Gasteiger partial charge on any atom is -0.483 e. The number of carbonyl (C=O) groups excluding carboxylic acids is 2. The molecule has 4 aromatic rings. The molecule has 3 aromatic carbocycles. The van der Waals surface area contributed by atoms with Crippen LogP contribution in [0.3, 0.4) is 0 Å². The molecule has 36 heavy (non-hydrogen) atoms. The van der Waals surface area contributed by atoms with E-state index < -0.39 is 5.97 Å². The Morgan fingerprint density at radius 1 is 1.08 bits per heavy atom. The number of esters is 1. The molecule has 0 unspecified atom stereocenters. The van der Waals surface area contributed by atoms with Crippen molar-refractivity contribution < 1.29 is 19.1 Å². The number of hydrogen-bond donors (Lipinski definition) is 1. The van der Waals surface area contributed by atoms with Crippen LogP contribution in [0.5, 0.6) is 11.5 Å². The first-order valence-electron chi connectivity index (χ1n) is 11.4. The maximum atomic E-state index is 12.6. The average molecular weight is 521 g/mol. The number of hydrazone groups is 1. The van der Waals surface area contributed by atoms with Gasteiger partial charge in [0.15, 0.2) is 6.61 Å². The molecule has 184 valence electrons. The van der Waals surface area contributed by atoms with Crippen LogP contribution >= 0.6 is 22.9 Å². The summed E-state index contributed by atoms with van der Waals surface area (Å²) >= 11 is 7.65. The molecule has 0 spiro atoms. The summed E-state index contributed by atoms with van der Waals surface area (Å²) in [5, 5.41) is 5.19. The van der Waals surface area contributed by atoms with Gasteiger partial charge in [-0.1, -0.05) is 55.8 Å². The Kier molecular flexibility index (Phi) is 8.03. The van der Waals surface area contributed by atoms with Gasteiger partial charge in [-0.05, 0) is 65.9 Å². The van der Waals surface area contributed by atoms with E-state index in [2.05, 4.69) is 30.4 Å². The molecule has 0 aliphatic carbocycles. The zero-order chi connectivity index (χ0) is 25.7. The Hall–Kier alpha value is -3.68. The van der Waals surface area contributed by atoms with Crippen LogP contribution < -0.4 is 14.9 Å². The van der Waals surface area contributed by atoms with Gasteiger partial charge >= 0.3 is 5.97 Å². The van der Waals surface area contributed by atoms with Crippen molar-refractivity contribution in [2.75, 3.05) is 6.61 Å². The summed E-state index contributed by atoms with van der Waals surface area (Å²) in [6.07, 6.45) is 1.50. The summed E-state index contributed by atoms with van der Waals surface area (Å²) in [5.41, 5.74) is 5.28. The van der Waals surface area contributed by atoms with E-state index in [1.807, 2.05) is 43.3 Å². The van der Waals surface area contributed by atoms with E-state index in [1.54, 1.807) is 24.3 Å². The molecule has 1 aromatic heterocycles. The Morgan fingerprint density at radius 2 is 1.83 bits per heavy atom. The Morgan fingerprint density at radius 3 is 2.56 bits per heavy atom. The van der Waals surface area contributed by atoms with Crippen LogP contribution in [0.1, 0.15) is 46.1 Å². The normalized spacial score (nSPS) is 11.2. The van der Waals surface area contributed by atoms with Crippen LogP contribution in [0.25, 0.3) is 10.1 Å². The number of nitrogens with zero attached hydrogens (tertiary/aromatic N) is 1. The Bertz CT molecular complexity index is 1430. The zero-order valence-electron chi connectivity index (χ0n) is 20.1. The molecule has 0 atom stereocenters. The van der Waals surface area contributed by atoms with Crippen LogP contribution in [0.2, 0.25) is 5.02 Å². The van der Waals surface area contributed by atoms with Crippen LogP contribution in [0.15, 0.2) is 71.8 Å². The molecule has 0 aliphatic rings. The van der Waals surface area contributed by atoms with Crippen molar-refractivity contribution in [1.82, 2.24) is 5.43 Å². The number of halogens is 1. The third-order valence-electron chi connectivity index (χ3n) is 5.45. The van der Waals surface area contributed by atoms with Crippen LogP contribution in [0.4, 0.5) is 0 Å². The third-order valence-corrected chi connectivity index (χ3v) is 7.11. The molecular weight excluding hydrogens is 496 g/mol. The van der Waals surface area contributed by atoms with Gasteiger partial charge in [0.05, 0.1) is 11.2 Å². The molecule has 1 amide bonds. The molecule has 4 rings (SSSR count). The first kappa shape index (κ1) is 25.4. The lowest BCUT2D eigenvalue weighted by atomic mass is 10.0. The van der Waals surface area contributed by atoms with E-state index in [4.69, 9.17) is 21.1 Å². The molecule has 0 saturated heterocycles. The predicted molar refractivity (Wildman–Crippen MR) is 145 cm³/mol. The average Bonchev–Trinajstić information content (AvgIpc) is 3.21. The topological polar surface area (TPSA) is 77.0 Å². The van der Waals surface area contributed by atoms with Crippen molar-refractivity contribution in [3.63, 3.8) is 0 Å². The predicted octanol–water partition coefficient (Wildman–Crippen LogP) is 6.73. The van der Waals surface area contributed by atoms with E-state index in [0.29, 0.717) is 27.3 Å². The first-order chi connectivity index (χ1) is 17.3. The third kappa shape index (κ3) is 6.11. The van der Waals surface area contributed by atoms with E-state index in [1.165, 1.54) is 17.6 Å². The number of carbonyl (C=O) groups is 2. The Balaban J connectivity index is 1.29. The summed E-state index contributed by atoms with van der Waals surface area (Å²) in [4.78, 5) is 25.1. The van der Waals surface area contributed by atoms with E-state index >= 15 is 0 Å². The minimum absolute atomic E-state index is 0.144. The number of rotatable bonds is 8. The highest BCUT2D eigenvalue weighted by Gasteiger charge is 2.19. The summed E-state index contributed by atoms with van der Waals surface area (Å²) < 4.78 is 12.1. The lowest BCUT2D eigenvalue weighted by molar-refractivity contribution is -0.123. The zero-order valence-corrected chi connectivity index (χ0v) is 21.7. The van der Waals surface area contributed by atoms with Gasteiger partial charge in [-0.25, -0.2) is 10.2 Å². The van der Waals surface area contributed by atoms with E-state index in [0.717, 1.165) is 26.8 Å². The highest BCUT2D eigenvalue weighted by atomic mass is 35.5. The largest absolute Gasteiger partial charge is 0.483 e. The number of hydrogen-bond acceptors (Lipinski definition) is 6. The second-order valence-electron chi connectivity index (χ2n) is 8.46. The SMILES string of the molecule is Cc1ccc(C(C)C)cc1OCC(=O)N/N=C\c1ccc(OC(=O)c2sc3ccccc3c2Cl)cc1. The molecule has 0 aliphatic heterocycles. The molecule has 1 N–H and O–H groups in total. The smallest absolute Gasteiger partial charge is 0.355 e. The number of aryl methyl sites for hydroxylation is 1. The molecular formula is C28H25ClN2O4S. The standard InChI is InChI=1S/C28H25ClN2O4S/c1-17(2)20-11-8-18(3)23(14-20)34-16-25(32)31-30-15-19-9-12-21(13-10-19)35-28(33)27-26(29)22-6-4-5-7-24(22)36-27/h4-15,17H,16H2,1-3H3,(H,31,32)/b30-15-. The number of nitrogens with one attached hydrogen (secondary N) is 1. The minimum atomic E-state index is -0.510. The highest BCUT2D eigenvalue weighted by Crippen LogP contribution is 2.35. The van der Waals surface area contributed by atoms with Gasteiger partial charge in [-0.15, -0.1) is 11.3 Å². The number of fused-ring (bicyclic) bond motifs is 1. The highest BCUT2D eigenvalue weighted by molar-refractivity contribution is 7.21. The van der Waals surface area contributed by atoms with Crippen molar-refractivity contribution in [3.8, 4) is 11.5 Å². The van der Waals surface area contributed by atoms with Gasteiger partial charge in [0.2, 0.25) is 0 Å². The molecule has 0 saturated carbocycles. The summed E-state index contributed by atoms with van der Waals surface area (Å²) in [7, 11) is 0. The van der Waals surface area contributed by atoms with Crippen molar-refractivity contribution in [3.05, 3.63) is 93.3 Å². The molecule has 1 heterocycles. The van der Waals surface area contributed by atoms with Gasteiger partial charge in [0, 0.05) is 10.1 Å². The summed E-state index contributed by atoms with van der Waals surface area (Å²) in [5.74, 6) is 0.551. The van der Waals surface area contributed by atoms with Gasteiger partial charge in [0.1, 0.15) is 16.4 Å². The molecule has 0 radical (unpaired) electrons. The van der Waals surface area contributed by atoms with Crippen molar-refractivity contribution in [2.45, 2.75) is 26.7 Å². The summed E-state index contributed by atoms with van der Waals surface area (Å²) in [6, 6.07) is 20.3. The number of thiophene rings is 1. The molecule has 8 heteroatoms. The second kappa shape index (κ2) is 11.4. The fraction of sp³-hybridized carbons (Fsp3) is 0.179. The van der Waals surface area contributed by atoms with Crippen molar-refractivity contribution in [1.29, 1.82) is 0 Å². The van der Waals surface area contributed by atoms with E-state index in [-0.39, 0.29) is 12.5 Å². The number of ether oxygens (including phenoxy) is 2. The molecule has 0 bridgehead atoms. The maximum absolute atomic E-state index is 12.6. The van der Waals surface area contributed by atoms with Crippen LogP contribution in [0, 0.1) is 6.92 Å². The quantitative estimate of drug-likeness (QED) is 0.121. The lowest BCUT2D eigenvalue weighted by Crippen LogP contribution is -2.24. The lowest BCUT2D eigenvalue weighted by Gasteiger charge is -2.12. The maximum Gasteiger partial charge on any atom is 0.355 e. The fourth-order valence-corrected chi connectivity index (χ4v) is 4.79. The van der Waals surface area contributed by atoms with Gasteiger partial charge < -0.3 is 9.47 Å². The molecule has 6 nitrogen and oxygen atoms in total. The Labute approximate surface area is 218 Å². The van der Waals surface area contributed by atoms with Gasteiger partial charge in [-0.3, -0.25) is 4.79 Å². The van der Waals surface area contributed by atoms with Gasteiger partial charge in [0.25, 0.3) is 5.91 Å². The molecule has 0 fully saturated rings. The van der Waals surface area contributed by atoms with Gasteiger partial charge in [-0.2, -0.15) is 5.10 Å².